The molecule has 0 heterocycles. The number of ether oxygens (including phenoxy) is 1. The first-order chi connectivity index (χ1) is 9.38. The molecule has 0 radical (unpaired) electrons. The van der Waals surface area contributed by atoms with E-state index in [0.717, 1.165) is 6.42 Å². The summed E-state index contributed by atoms with van der Waals surface area (Å²) in [6.45, 7) is 3.50. The lowest BCUT2D eigenvalue weighted by atomic mass is 10.3. The largest absolute Gasteiger partial charge is 0.452 e. The average Bonchev–Trinajstić information content (AvgIpc) is 3.11. The van der Waals surface area contributed by atoms with Gasteiger partial charge >= 0.3 is 5.97 Å². The van der Waals surface area contributed by atoms with Crippen LogP contribution in [-0.4, -0.2) is 18.0 Å². The van der Waals surface area contributed by atoms with Crippen molar-refractivity contribution in [3.05, 3.63) is 28.2 Å². The van der Waals surface area contributed by atoms with E-state index in [2.05, 4.69) is 5.32 Å². The van der Waals surface area contributed by atoms with Gasteiger partial charge in [-0.15, -0.1) is 0 Å². The summed E-state index contributed by atoms with van der Waals surface area (Å²) in [4.78, 5) is 23.6. The fourth-order valence-electron chi connectivity index (χ4n) is 1.79. The second kappa shape index (κ2) is 6.02. The Bertz CT molecular complexity index is 547. The fourth-order valence-corrected chi connectivity index (χ4v) is 2.13. The Morgan fingerprint density at radius 1 is 1.40 bits per heavy atom. The minimum atomic E-state index is -0.870. The highest BCUT2D eigenvalue weighted by molar-refractivity contribution is 6.35. The second-order valence-electron chi connectivity index (χ2n) is 5.01. The van der Waals surface area contributed by atoms with Crippen molar-refractivity contribution < 1.29 is 14.3 Å². The molecule has 0 aromatic heterocycles. The van der Waals surface area contributed by atoms with Crippen molar-refractivity contribution in [3.8, 4) is 0 Å². The Balaban J connectivity index is 1.93. The standard InChI is InChI=1S/C14H15Cl2NO3/c1-7-5-10(7)14(19)20-8(2)13(18)17-12-6-9(15)3-4-11(12)16/h3-4,6-8,10H,5H2,1-2H3,(H,17,18)/t7-,8-,10-/m0/s1. The predicted octanol–water partition coefficient (Wildman–Crippen LogP) is 3.52. The van der Waals surface area contributed by atoms with Gasteiger partial charge in [-0.1, -0.05) is 30.1 Å². The van der Waals surface area contributed by atoms with Gasteiger partial charge in [0.1, 0.15) is 0 Å². The summed E-state index contributed by atoms with van der Waals surface area (Å²) in [6, 6.07) is 4.75. The summed E-state index contributed by atoms with van der Waals surface area (Å²) in [5.74, 6) is -0.478. The third-order valence-corrected chi connectivity index (χ3v) is 3.83. The van der Waals surface area contributed by atoms with Crippen LogP contribution in [0.3, 0.4) is 0 Å². The highest BCUT2D eigenvalue weighted by atomic mass is 35.5. The number of rotatable bonds is 4. The number of carbonyl (C=O) groups is 2. The first-order valence-electron chi connectivity index (χ1n) is 6.35. The first-order valence-corrected chi connectivity index (χ1v) is 7.10. The molecule has 3 atom stereocenters. The molecule has 1 aromatic carbocycles. The van der Waals surface area contributed by atoms with Crippen molar-refractivity contribution in [2.24, 2.45) is 11.8 Å². The number of hydrogen-bond acceptors (Lipinski definition) is 3. The number of esters is 1. The maximum absolute atomic E-state index is 11.9. The molecule has 4 nitrogen and oxygen atoms in total. The second-order valence-corrected chi connectivity index (χ2v) is 5.86. The van der Waals surface area contributed by atoms with Gasteiger partial charge in [0, 0.05) is 5.02 Å². The molecule has 1 aliphatic carbocycles. The zero-order valence-corrected chi connectivity index (χ0v) is 12.7. The van der Waals surface area contributed by atoms with Crippen LogP contribution in [0.2, 0.25) is 10.0 Å². The Labute approximate surface area is 127 Å². The average molecular weight is 316 g/mol. The molecule has 1 amide bonds. The number of amides is 1. The van der Waals surface area contributed by atoms with E-state index in [1.54, 1.807) is 18.2 Å². The number of carbonyl (C=O) groups excluding carboxylic acids is 2. The fraction of sp³-hybridized carbons (Fsp3) is 0.429. The number of benzene rings is 1. The van der Waals surface area contributed by atoms with Gasteiger partial charge in [0.15, 0.2) is 6.10 Å². The van der Waals surface area contributed by atoms with Gasteiger partial charge in [0.25, 0.3) is 5.91 Å². The highest BCUT2D eigenvalue weighted by Crippen LogP contribution is 2.38. The maximum Gasteiger partial charge on any atom is 0.309 e. The molecular formula is C14H15Cl2NO3. The number of nitrogens with one attached hydrogen (secondary N) is 1. The van der Waals surface area contributed by atoms with E-state index in [1.165, 1.54) is 6.92 Å². The van der Waals surface area contributed by atoms with E-state index in [0.29, 0.717) is 21.7 Å². The molecular weight excluding hydrogens is 301 g/mol. The van der Waals surface area contributed by atoms with Gasteiger partial charge < -0.3 is 10.1 Å². The lowest BCUT2D eigenvalue weighted by Crippen LogP contribution is -2.30. The zero-order valence-electron chi connectivity index (χ0n) is 11.2. The number of hydrogen-bond donors (Lipinski definition) is 1. The molecule has 1 fully saturated rings. The maximum atomic E-state index is 11.9. The van der Waals surface area contributed by atoms with Crippen LogP contribution in [0, 0.1) is 11.8 Å². The van der Waals surface area contributed by atoms with Crippen molar-refractivity contribution in [3.63, 3.8) is 0 Å². The van der Waals surface area contributed by atoms with E-state index in [1.807, 2.05) is 6.92 Å². The zero-order chi connectivity index (χ0) is 14.9. The summed E-state index contributed by atoms with van der Waals surface area (Å²) in [5.41, 5.74) is 0.395. The summed E-state index contributed by atoms with van der Waals surface area (Å²) >= 11 is 11.8. The smallest absolute Gasteiger partial charge is 0.309 e. The van der Waals surface area contributed by atoms with E-state index >= 15 is 0 Å². The van der Waals surface area contributed by atoms with Crippen LogP contribution >= 0.6 is 23.2 Å². The van der Waals surface area contributed by atoms with E-state index in [9.17, 15) is 9.59 Å². The Morgan fingerprint density at radius 2 is 2.05 bits per heavy atom. The molecule has 0 bridgehead atoms. The van der Waals surface area contributed by atoms with Crippen LogP contribution in [0.5, 0.6) is 0 Å². The van der Waals surface area contributed by atoms with Gasteiger partial charge in [-0.25, -0.2) is 0 Å². The normalized spacial score (nSPS) is 22.0. The van der Waals surface area contributed by atoms with E-state index in [4.69, 9.17) is 27.9 Å². The number of halogens is 2. The summed E-state index contributed by atoms with van der Waals surface area (Å²) in [5, 5.41) is 3.43. The lowest BCUT2D eigenvalue weighted by Gasteiger charge is -2.14. The number of anilines is 1. The third-order valence-electron chi connectivity index (χ3n) is 3.26. The molecule has 0 aliphatic heterocycles. The molecule has 1 aliphatic rings. The molecule has 108 valence electrons. The third kappa shape index (κ3) is 3.64. The monoisotopic (exact) mass is 315 g/mol. The van der Waals surface area contributed by atoms with Crippen LogP contribution in [0.4, 0.5) is 5.69 Å². The highest BCUT2D eigenvalue weighted by Gasteiger charge is 2.41. The van der Waals surface area contributed by atoms with Gasteiger partial charge in [0.2, 0.25) is 0 Å². The van der Waals surface area contributed by atoms with Crippen LogP contribution < -0.4 is 5.32 Å². The summed E-state index contributed by atoms with van der Waals surface area (Å²) < 4.78 is 5.12. The molecule has 6 heteroatoms. The summed E-state index contributed by atoms with van der Waals surface area (Å²) in [6.07, 6.45) is -0.0434. The Kier molecular flexibility index (Phi) is 4.55. The van der Waals surface area contributed by atoms with E-state index in [-0.39, 0.29) is 11.9 Å². The molecule has 0 saturated heterocycles. The predicted molar refractivity (Wildman–Crippen MR) is 77.9 cm³/mol. The first kappa shape index (κ1) is 15.1. The minimum absolute atomic E-state index is 0.0694. The van der Waals surface area contributed by atoms with Crippen molar-refractivity contribution in [1.29, 1.82) is 0 Å². The van der Waals surface area contributed by atoms with Crippen molar-refractivity contribution in [1.82, 2.24) is 0 Å². The van der Waals surface area contributed by atoms with Gasteiger partial charge in [-0.05, 0) is 37.5 Å². The quantitative estimate of drug-likeness (QED) is 0.865. The molecule has 1 saturated carbocycles. The Morgan fingerprint density at radius 3 is 2.65 bits per heavy atom. The van der Waals surface area contributed by atoms with Crippen LogP contribution in [0.25, 0.3) is 0 Å². The van der Waals surface area contributed by atoms with Gasteiger partial charge in [-0.3, -0.25) is 9.59 Å². The molecule has 20 heavy (non-hydrogen) atoms. The molecule has 1 N–H and O–H groups in total. The van der Waals surface area contributed by atoms with Crippen molar-refractivity contribution >= 4 is 40.8 Å². The minimum Gasteiger partial charge on any atom is -0.452 e. The topological polar surface area (TPSA) is 55.4 Å². The SMILES string of the molecule is C[C@H](OC(=O)[C@H]1C[C@@H]1C)C(=O)Nc1cc(Cl)ccc1Cl. The molecule has 0 spiro atoms. The van der Waals surface area contributed by atoms with E-state index < -0.39 is 12.0 Å². The lowest BCUT2D eigenvalue weighted by molar-refractivity contribution is -0.154. The molecule has 2 rings (SSSR count). The van der Waals surface area contributed by atoms with Gasteiger partial charge in [0.05, 0.1) is 16.6 Å². The summed E-state index contributed by atoms with van der Waals surface area (Å²) in [7, 11) is 0. The van der Waals surface area contributed by atoms with Crippen LogP contribution in [0.15, 0.2) is 18.2 Å². The van der Waals surface area contributed by atoms with Gasteiger partial charge in [-0.2, -0.15) is 0 Å². The van der Waals surface area contributed by atoms with Crippen LogP contribution in [0.1, 0.15) is 20.3 Å². The van der Waals surface area contributed by atoms with Crippen molar-refractivity contribution in [2.45, 2.75) is 26.4 Å². The molecule has 1 aromatic rings. The Hall–Kier alpha value is -1.26. The van der Waals surface area contributed by atoms with Crippen LogP contribution in [-0.2, 0) is 14.3 Å². The van der Waals surface area contributed by atoms with Crippen molar-refractivity contribution in [2.75, 3.05) is 5.32 Å². The molecule has 0 unspecified atom stereocenters.